The minimum Gasteiger partial charge on any atom is -0.477 e. The molecule has 0 aliphatic rings. The van der Waals surface area contributed by atoms with E-state index >= 15 is 0 Å². The zero-order valence-electron chi connectivity index (χ0n) is 10.9. The highest BCUT2D eigenvalue weighted by Gasteiger charge is 2.13. The van der Waals surface area contributed by atoms with Crippen molar-refractivity contribution in [1.82, 2.24) is 19.3 Å². The summed E-state index contributed by atoms with van der Waals surface area (Å²) >= 11 is 0. The van der Waals surface area contributed by atoms with Gasteiger partial charge < -0.3 is 5.11 Å². The molecule has 3 aromatic rings. The third-order valence-electron chi connectivity index (χ3n) is 3.18. The highest BCUT2D eigenvalue weighted by atomic mass is 16.4. The summed E-state index contributed by atoms with van der Waals surface area (Å²) in [5, 5.41) is 13.8. The number of aryl methyl sites for hydroxylation is 1. The number of carboxylic acids is 1. The third kappa shape index (κ3) is 2.02. The average Bonchev–Trinajstić information content (AvgIpc) is 2.79. The number of H-pyrrole nitrogens is 1. The van der Waals surface area contributed by atoms with Gasteiger partial charge in [-0.25, -0.2) is 9.59 Å². The van der Waals surface area contributed by atoms with E-state index in [2.05, 4.69) is 5.10 Å². The predicted molar refractivity (Wildman–Crippen MR) is 73.9 cm³/mol. The molecule has 0 saturated carbocycles. The van der Waals surface area contributed by atoms with E-state index < -0.39 is 22.8 Å². The van der Waals surface area contributed by atoms with Crippen LogP contribution in [0.1, 0.15) is 10.4 Å². The second-order valence-electron chi connectivity index (χ2n) is 4.49. The Labute approximate surface area is 116 Å². The molecule has 1 aromatic carbocycles. The molecule has 3 rings (SSSR count). The molecule has 0 fully saturated rings. The highest BCUT2D eigenvalue weighted by molar-refractivity contribution is 5.87. The summed E-state index contributed by atoms with van der Waals surface area (Å²) in [7, 11) is 1.79. The summed E-state index contributed by atoms with van der Waals surface area (Å²) in [6, 6.07) is 5.10. The van der Waals surface area contributed by atoms with Gasteiger partial charge in [0.2, 0.25) is 0 Å². The first-order chi connectivity index (χ1) is 9.97. The SMILES string of the molecule is Cn1ncc2cc(-n3cc(C(=O)O)c(=O)[nH]c3=O)ccc21. The maximum Gasteiger partial charge on any atom is 0.342 e. The molecule has 0 aliphatic heterocycles. The normalized spacial score (nSPS) is 10.9. The van der Waals surface area contributed by atoms with Gasteiger partial charge in [-0.1, -0.05) is 0 Å². The van der Waals surface area contributed by atoms with Crippen LogP contribution in [0.5, 0.6) is 0 Å². The summed E-state index contributed by atoms with van der Waals surface area (Å²) < 4.78 is 2.76. The van der Waals surface area contributed by atoms with Crippen LogP contribution in [-0.4, -0.2) is 30.4 Å². The molecule has 2 aromatic heterocycles. The minimum atomic E-state index is -1.40. The number of benzene rings is 1. The number of rotatable bonds is 2. The largest absolute Gasteiger partial charge is 0.477 e. The molecule has 2 heterocycles. The number of carboxylic acid groups (broad SMARTS) is 1. The van der Waals surface area contributed by atoms with Gasteiger partial charge in [0.05, 0.1) is 17.4 Å². The number of nitrogens with one attached hydrogen (secondary N) is 1. The van der Waals surface area contributed by atoms with E-state index in [0.717, 1.165) is 21.7 Å². The molecule has 106 valence electrons. The van der Waals surface area contributed by atoms with E-state index in [1.807, 2.05) is 4.98 Å². The molecule has 0 radical (unpaired) electrons. The lowest BCUT2D eigenvalue weighted by molar-refractivity contribution is 0.0694. The van der Waals surface area contributed by atoms with Gasteiger partial charge in [-0.05, 0) is 18.2 Å². The maximum absolute atomic E-state index is 11.9. The van der Waals surface area contributed by atoms with Gasteiger partial charge >= 0.3 is 11.7 Å². The van der Waals surface area contributed by atoms with Crippen molar-refractivity contribution >= 4 is 16.9 Å². The molecule has 0 saturated heterocycles. The first kappa shape index (κ1) is 12.9. The Morgan fingerprint density at radius 3 is 2.81 bits per heavy atom. The number of hydrogen-bond acceptors (Lipinski definition) is 4. The quantitative estimate of drug-likeness (QED) is 0.694. The fourth-order valence-electron chi connectivity index (χ4n) is 2.12. The van der Waals surface area contributed by atoms with E-state index in [1.165, 1.54) is 0 Å². The Morgan fingerprint density at radius 1 is 1.33 bits per heavy atom. The lowest BCUT2D eigenvalue weighted by Crippen LogP contribution is -2.32. The van der Waals surface area contributed by atoms with Crippen LogP contribution in [-0.2, 0) is 7.05 Å². The van der Waals surface area contributed by atoms with Crippen molar-refractivity contribution in [1.29, 1.82) is 0 Å². The molecule has 0 unspecified atom stereocenters. The highest BCUT2D eigenvalue weighted by Crippen LogP contribution is 2.16. The summed E-state index contributed by atoms with van der Waals surface area (Å²) in [5.41, 5.74) is -0.811. The molecular weight excluding hydrogens is 276 g/mol. The monoisotopic (exact) mass is 286 g/mol. The zero-order chi connectivity index (χ0) is 15.1. The van der Waals surface area contributed by atoms with E-state index in [-0.39, 0.29) is 0 Å². The van der Waals surface area contributed by atoms with Gasteiger partial charge in [-0.15, -0.1) is 0 Å². The van der Waals surface area contributed by atoms with Crippen LogP contribution in [0.3, 0.4) is 0 Å². The van der Waals surface area contributed by atoms with Crippen molar-refractivity contribution in [2.75, 3.05) is 0 Å². The van der Waals surface area contributed by atoms with Crippen LogP contribution in [0.15, 0.2) is 40.2 Å². The average molecular weight is 286 g/mol. The van der Waals surface area contributed by atoms with E-state index in [4.69, 9.17) is 5.11 Å². The summed E-state index contributed by atoms with van der Waals surface area (Å²) in [4.78, 5) is 36.2. The first-order valence-corrected chi connectivity index (χ1v) is 5.99. The Kier molecular flexibility index (Phi) is 2.72. The second-order valence-corrected chi connectivity index (χ2v) is 4.49. The minimum absolute atomic E-state index is 0.444. The van der Waals surface area contributed by atoms with Crippen LogP contribution in [0.4, 0.5) is 0 Å². The smallest absolute Gasteiger partial charge is 0.342 e. The summed E-state index contributed by atoms with van der Waals surface area (Å²) in [6.07, 6.45) is 2.65. The molecule has 0 amide bonds. The number of carbonyl (C=O) groups is 1. The van der Waals surface area contributed by atoms with Crippen molar-refractivity contribution in [3.05, 3.63) is 57.0 Å². The number of aromatic amines is 1. The molecule has 0 bridgehead atoms. The van der Waals surface area contributed by atoms with Gasteiger partial charge in [0, 0.05) is 18.6 Å². The van der Waals surface area contributed by atoms with Crippen molar-refractivity contribution in [3.8, 4) is 5.69 Å². The topological polar surface area (TPSA) is 110 Å². The fraction of sp³-hybridized carbons (Fsp3) is 0.0769. The van der Waals surface area contributed by atoms with Crippen LogP contribution >= 0.6 is 0 Å². The molecule has 2 N–H and O–H groups in total. The van der Waals surface area contributed by atoms with E-state index in [1.54, 1.807) is 36.1 Å². The number of aromatic carboxylic acids is 1. The van der Waals surface area contributed by atoms with E-state index in [9.17, 15) is 14.4 Å². The van der Waals surface area contributed by atoms with Crippen molar-refractivity contribution in [2.24, 2.45) is 7.05 Å². The molecule has 8 nitrogen and oxygen atoms in total. The Morgan fingerprint density at radius 2 is 2.10 bits per heavy atom. The van der Waals surface area contributed by atoms with Gasteiger partial charge in [0.25, 0.3) is 5.56 Å². The first-order valence-electron chi connectivity index (χ1n) is 5.99. The number of nitrogens with zero attached hydrogens (tertiary/aromatic N) is 3. The zero-order valence-corrected chi connectivity index (χ0v) is 10.9. The molecule has 0 aliphatic carbocycles. The predicted octanol–water partition coefficient (Wildman–Crippen LogP) is 0.111. The van der Waals surface area contributed by atoms with Crippen LogP contribution in [0, 0.1) is 0 Å². The number of fused-ring (bicyclic) bond motifs is 1. The fourth-order valence-corrected chi connectivity index (χ4v) is 2.12. The summed E-state index contributed by atoms with van der Waals surface area (Å²) in [6.45, 7) is 0. The Bertz CT molecular complexity index is 980. The molecular formula is C13H10N4O4. The third-order valence-corrected chi connectivity index (χ3v) is 3.18. The number of aromatic nitrogens is 4. The Balaban J connectivity index is 2.27. The second kappa shape index (κ2) is 4.44. The maximum atomic E-state index is 11.9. The Hall–Kier alpha value is -3.16. The lowest BCUT2D eigenvalue weighted by atomic mass is 10.2. The van der Waals surface area contributed by atoms with Crippen LogP contribution in [0.25, 0.3) is 16.6 Å². The van der Waals surface area contributed by atoms with Crippen molar-refractivity contribution in [2.45, 2.75) is 0 Å². The molecule has 21 heavy (non-hydrogen) atoms. The van der Waals surface area contributed by atoms with Crippen LogP contribution in [0.2, 0.25) is 0 Å². The standard InChI is InChI=1S/C13H10N4O4/c1-16-10-3-2-8(4-7(10)5-14-16)17-6-9(12(19)20)11(18)15-13(17)21/h2-6H,1H3,(H,19,20)(H,15,18,21). The van der Waals surface area contributed by atoms with E-state index in [0.29, 0.717) is 5.69 Å². The number of hydrogen-bond donors (Lipinski definition) is 2. The van der Waals surface area contributed by atoms with Gasteiger partial charge in [-0.2, -0.15) is 5.10 Å². The van der Waals surface area contributed by atoms with Gasteiger partial charge in [0.1, 0.15) is 5.56 Å². The van der Waals surface area contributed by atoms with Crippen molar-refractivity contribution < 1.29 is 9.90 Å². The van der Waals surface area contributed by atoms with Crippen molar-refractivity contribution in [3.63, 3.8) is 0 Å². The van der Waals surface area contributed by atoms with Crippen LogP contribution < -0.4 is 11.2 Å². The van der Waals surface area contributed by atoms with Gasteiger partial charge in [-0.3, -0.25) is 19.0 Å². The molecule has 0 spiro atoms. The lowest BCUT2D eigenvalue weighted by Gasteiger charge is -2.06. The summed E-state index contributed by atoms with van der Waals surface area (Å²) in [5.74, 6) is -1.40. The van der Waals surface area contributed by atoms with Gasteiger partial charge in [0.15, 0.2) is 0 Å². The molecule has 8 heteroatoms. The molecule has 0 atom stereocenters.